The lowest BCUT2D eigenvalue weighted by atomic mass is 10.2. The molecule has 2 heterocycles. The Bertz CT molecular complexity index is 670. The molecule has 0 unspecified atom stereocenters. The zero-order valence-corrected chi connectivity index (χ0v) is 9.73. The molecule has 3 rings (SSSR count). The molecule has 0 atom stereocenters. The highest BCUT2D eigenvalue weighted by molar-refractivity contribution is 5.81. The first-order valence-electron chi connectivity index (χ1n) is 5.50. The maximum atomic E-state index is 4.53. The van der Waals surface area contributed by atoms with Crippen molar-refractivity contribution in [3.05, 3.63) is 41.7 Å². The van der Waals surface area contributed by atoms with Crippen molar-refractivity contribution in [1.82, 2.24) is 20.2 Å². The van der Waals surface area contributed by atoms with Crippen LogP contribution in [0.15, 0.2) is 30.3 Å². The minimum absolute atomic E-state index is 0.724. The summed E-state index contributed by atoms with van der Waals surface area (Å²) < 4.78 is 0. The molecule has 0 aliphatic heterocycles. The average molecular weight is 224 g/mol. The third kappa shape index (κ3) is 1.58. The maximum Gasteiger partial charge on any atom is 0.185 e. The van der Waals surface area contributed by atoms with Gasteiger partial charge in [-0.15, -0.1) is 0 Å². The molecule has 4 nitrogen and oxygen atoms in total. The molecule has 1 aromatic carbocycles. The molecule has 0 saturated carbocycles. The SMILES string of the molecule is Cc1nc(-c2ccccc2)nc2n[nH]c(C)c12. The van der Waals surface area contributed by atoms with Crippen LogP contribution in [-0.2, 0) is 0 Å². The fourth-order valence-electron chi connectivity index (χ4n) is 1.99. The van der Waals surface area contributed by atoms with Gasteiger partial charge in [0.15, 0.2) is 11.5 Å². The van der Waals surface area contributed by atoms with E-state index < -0.39 is 0 Å². The molecule has 0 radical (unpaired) electrons. The van der Waals surface area contributed by atoms with E-state index in [4.69, 9.17) is 0 Å². The van der Waals surface area contributed by atoms with E-state index in [0.29, 0.717) is 0 Å². The number of aryl methyl sites for hydroxylation is 2. The van der Waals surface area contributed by atoms with Gasteiger partial charge in [-0.1, -0.05) is 30.3 Å². The van der Waals surface area contributed by atoms with Gasteiger partial charge >= 0.3 is 0 Å². The Kier molecular flexibility index (Phi) is 2.14. The number of nitrogens with one attached hydrogen (secondary N) is 1. The van der Waals surface area contributed by atoms with Gasteiger partial charge < -0.3 is 0 Å². The van der Waals surface area contributed by atoms with Gasteiger partial charge in [-0.2, -0.15) is 5.10 Å². The van der Waals surface area contributed by atoms with Gasteiger partial charge in [-0.05, 0) is 13.8 Å². The first-order chi connectivity index (χ1) is 8.25. The van der Waals surface area contributed by atoms with Crippen molar-refractivity contribution in [2.45, 2.75) is 13.8 Å². The molecule has 0 fully saturated rings. The Morgan fingerprint density at radius 1 is 1.00 bits per heavy atom. The van der Waals surface area contributed by atoms with E-state index in [1.807, 2.05) is 44.2 Å². The van der Waals surface area contributed by atoms with Crippen molar-refractivity contribution in [2.24, 2.45) is 0 Å². The van der Waals surface area contributed by atoms with Crippen LogP contribution in [0.2, 0.25) is 0 Å². The normalized spacial score (nSPS) is 10.9. The van der Waals surface area contributed by atoms with Crippen molar-refractivity contribution < 1.29 is 0 Å². The second-order valence-corrected chi connectivity index (χ2v) is 4.05. The monoisotopic (exact) mass is 224 g/mol. The zero-order valence-electron chi connectivity index (χ0n) is 9.73. The lowest BCUT2D eigenvalue weighted by molar-refractivity contribution is 1.05. The summed E-state index contributed by atoms with van der Waals surface area (Å²) in [6, 6.07) is 9.94. The number of fused-ring (bicyclic) bond motifs is 1. The van der Waals surface area contributed by atoms with Crippen LogP contribution in [0.1, 0.15) is 11.4 Å². The summed E-state index contributed by atoms with van der Waals surface area (Å²) in [5, 5.41) is 8.15. The molecular formula is C13H12N4. The zero-order chi connectivity index (χ0) is 11.8. The third-order valence-electron chi connectivity index (χ3n) is 2.81. The van der Waals surface area contributed by atoms with Crippen LogP contribution in [0.5, 0.6) is 0 Å². The van der Waals surface area contributed by atoms with Crippen LogP contribution in [0, 0.1) is 13.8 Å². The molecule has 3 aromatic rings. The van der Waals surface area contributed by atoms with Crippen LogP contribution in [0.4, 0.5) is 0 Å². The van der Waals surface area contributed by atoms with Gasteiger partial charge in [0.25, 0.3) is 0 Å². The van der Waals surface area contributed by atoms with Crippen molar-refractivity contribution in [3.8, 4) is 11.4 Å². The summed E-state index contributed by atoms with van der Waals surface area (Å²) in [7, 11) is 0. The lowest BCUT2D eigenvalue weighted by Crippen LogP contribution is -1.93. The highest BCUT2D eigenvalue weighted by atomic mass is 15.2. The maximum absolute atomic E-state index is 4.53. The Hall–Kier alpha value is -2.23. The van der Waals surface area contributed by atoms with Crippen LogP contribution in [-0.4, -0.2) is 20.2 Å². The number of aromatic nitrogens is 4. The Labute approximate surface area is 98.7 Å². The number of hydrogen-bond donors (Lipinski definition) is 1. The molecule has 0 amide bonds. The van der Waals surface area contributed by atoms with E-state index >= 15 is 0 Å². The summed E-state index contributed by atoms with van der Waals surface area (Å²) in [4.78, 5) is 9.01. The Balaban J connectivity index is 2.26. The average Bonchev–Trinajstić information content (AvgIpc) is 2.73. The smallest absolute Gasteiger partial charge is 0.185 e. The van der Waals surface area contributed by atoms with Crippen LogP contribution in [0.3, 0.4) is 0 Å². The molecule has 0 aliphatic rings. The van der Waals surface area contributed by atoms with E-state index in [0.717, 1.165) is 33.8 Å². The third-order valence-corrected chi connectivity index (χ3v) is 2.81. The summed E-state index contributed by atoms with van der Waals surface area (Å²) in [6.45, 7) is 3.97. The molecule has 17 heavy (non-hydrogen) atoms. The number of rotatable bonds is 1. The van der Waals surface area contributed by atoms with E-state index in [1.54, 1.807) is 0 Å². The molecule has 4 heteroatoms. The minimum Gasteiger partial charge on any atom is -0.280 e. The first-order valence-corrected chi connectivity index (χ1v) is 5.50. The van der Waals surface area contributed by atoms with Gasteiger partial charge in [0.1, 0.15) is 0 Å². The molecule has 1 N–H and O–H groups in total. The highest BCUT2D eigenvalue weighted by Crippen LogP contribution is 2.21. The lowest BCUT2D eigenvalue weighted by Gasteiger charge is -2.02. The second-order valence-electron chi connectivity index (χ2n) is 4.05. The van der Waals surface area contributed by atoms with Crippen molar-refractivity contribution in [3.63, 3.8) is 0 Å². The van der Waals surface area contributed by atoms with Gasteiger partial charge in [0.2, 0.25) is 0 Å². The fraction of sp³-hybridized carbons (Fsp3) is 0.154. The van der Waals surface area contributed by atoms with Crippen molar-refractivity contribution in [2.75, 3.05) is 0 Å². The highest BCUT2D eigenvalue weighted by Gasteiger charge is 2.10. The van der Waals surface area contributed by atoms with E-state index in [-0.39, 0.29) is 0 Å². The number of nitrogens with zero attached hydrogens (tertiary/aromatic N) is 3. The number of benzene rings is 1. The Morgan fingerprint density at radius 2 is 1.76 bits per heavy atom. The number of aromatic amines is 1. The molecule has 84 valence electrons. The van der Waals surface area contributed by atoms with E-state index in [1.165, 1.54) is 0 Å². The standard InChI is InChI=1S/C13H12N4/c1-8-11-9(2)16-17-13(11)15-12(14-8)10-6-4-3-5-7-10/h3-7H,1-2H3,(H,14,15,16,17). The summed E-state index contributed by atoms with van der Waals surface area (Å²) in [6.07, 6.45) is 0. The summed E-state index contributed by atoms with van der Waals surface area (Å²) in [5.41, 5.74) is 3.71. The molecule has 0 saturated heterocycles. The molecule has 0 spiro atoms. The van der Waals surface area contributed by atoms with Crippen LogP contribution in [0.25, 0.3) is 22.4 Å². The van der Waals surface area contributed by atoms with E-state index in [9.17, 15) is 0 Å². The summed E-state index contributed by atoms with van der Waals surface area (Å²) >= 11 is 0. The van der Waals surface area contributed by atoms with E-state index in [2.05, 4.69) is 20.2 Å². The topological polar surface area (TPSA) is 54.5 Å². The minimum atomic E-state index is 0.724. The van der Waals surface area contributed by atoms with Crippen molar-refractivity contribution in [1.29, 1.82) is 0 Å². The molecular weight excluding hydrogens is 212 g/mol. The van der Waals surface area contributed by atoms with Crippen molar-refractivity contribution >= 4 is 11.0 Å². The summed E-state index contributed by atoms with van der Waals surface area (Å²) in [5.74, 6) is 0.724. The van der Waals surface area contributed by atoms with Crippen LogP contribution >= 0.6 is 0 Å². The van der Waals surface area contributed by atoms with Gasteiger partial charge in [0.05, 0.1) is 11.1 Å². The fourth-order valence-corrected chi connectivity index (χ4v) is 1.99. The predicted octanol–water partition coefficient (Wildman–Crippen LogP) is 2.64. The number of H-pyrrole nitrogens is 1. The van der Waals surface area contributed by atoms with Gasteiger partial charge in [0, 0.05) is 11.3 Å². The quantitative estimate of drug-likeness (QED) is 0.691. The van der Waals surface area contributed by atoms with Gasteiger partial charge in [-0.25, -0.2) is 9.97 Å². The van der Waals surface area contributed by atoms with Gasteiger partial charge in [-0.3, -0.25) is 5.10 Å². The molecule has 0 aliphatic carbocycles. The number of hydrogen-bond acceptors (Lipinski definition) is 3. The second kappa shape index (κ2) is 3.66. The Morgan fingerprint density at radius 3 is 2.53 bits per heavy atom. The first kappa shape index (κ1) is 9.96. The predicted molar refractivity (Wildman–Crippen MR) is 66.6 cm³/mol. The van der Waals surface area contributed by atoms with Crippen LogP contribution < -0.4 is 0 Å². The molecule has 0 bridgehead atoms. The largest absolute Gasteiger partial charge is 0.280 e. The molecule has 2 aromatic heterocycles.